The Morgan fingerprint density at radius 3 is 2.08 bits per heavy atom. The molecule has 0 saturated carbocycles. The van der Waals surface area contributed by atoms with E-state index in [1.165, 1.54) is 0 Å². The second-order valence-electron chi connectivity index (χ2n) is 1.89. The standard InChI is InChI=1S/C7H7ClO.CH2O2/c8-7-3-1-6(5-9)2-4-7;2-1-3/h1-4,9H,5H2;1H,(H,2,3). The Balaban J connectivity index is 0.000000354. The minimum atomic E-state index is -0.250. The van der Waals surface area contributed by atoms with Crippen molar-refractivity contribution < 1.29 is 15.0 Å². The van der Waals surface area contributed by atoms with Crippen LogP contribution < -0.4 is 0 Å². The molecule has 2 N–H and O–H groups in total. The summed E-state index contributed by atoms with van der Waals surface area (Å²) in [5.74, 6) is 0. The zero-order chi connectivity index (χ0) is 9.40. The van der Waals surface area contributed by atoms with E-state index in [0.717, 1.165) is 5.56 Å². The van der Waals surface area contributed by atoms with E-state index in [1.807, 2.05) is 0 Å². The van der Waals surface area contributed by atoms with Crippen LogP contribution in [0.5, 0.6) is 0 Å². The van der Waals surface area contributed by atoms with Crippen LogP contribution in [0.1, 0.15) is 5.56 Å². The molecular weight excluding hydrogens is 180 g/mol. The van der Waals surface area contributed by atoms with Crippen molar-refractivity contribution in [1.82, 2.24) is 0 Å². The van der Waals surface area contributed by atoms with Gasteiger partial charge in [0, 0.05) is 5.02 Å². The lowest BCUT2D eigenvalue weighted by molar-refractivity contribution is -0.122. The van der Waals surface area contributed by atoms with Gasteiger partial charge in [-0.05, 0) is 17.7 Å². The van der Waals surface area contributed by atoms with E-state index in [2.05, 4.69) is 0 Å². The monoisotopic (exact) mass is 188 g/mol. The van der Waals surface area contributed by atoms with E-state index in [0.29, 0.717) is 5.02 Å². The second-order valence-corrected chi connectivity index (χ2v) is 2.33. The van der Waals surface area contributed by atoms with Crippen LogP contribution >= 0.6 is 11.6 Å². The highest BCUT2D eigenvalue weighted by Gasteiger charge is 1.87. The van der Waals surface area contributed by atoms with Gasteiger partial charge in [0.15, 0.2) is 0 Å². The summed E-state index contributed by atoms with van der Waals surface area (Å²) in [6.07, 6.45) is 0. The van der Waals surface area contributed by atoms with Crippen molar-refractivity contribution >= 4 is 18.1 Å². The summed E-state index contributed by atoms with van der Waals surface area (Å²) in [6, 6.07) is 7.10. The predicted molar refractivity (Wildman–Crippen MR) is 46.1 cm³/mol. The first-order valence-electron chi connectivity index (χ1n) is 3.17. The third-order valence-corrected chi connectivity index (χ3v) is 1.35. The number of carbonyl (C=O) groups is 1. The van der Waals surface area contributed by atoms with Gasteiger partial charge in [0.2, 0.25) is 0 Å². The van der Waals surface area contributed by atoms with E-state index < -0.39 is 0 Å². The average Bonchev–Trinajstić information content (AvgIpc) is 2.07. The lowest BCUT2D eigenvalue weighted by Crippen LogP contribution is -1.79. The molecule has 0 fully saturated rings. The third-order valence-electron chi connectivity index (χ3n) is 1.10. The fourth-order valence-corrected chi connectivity index (χ4v) is 0.716. The lowest BCUT2D eigenvalue weighted by atomic mass is 10.2. The Hall–Kier alpha value is -1.06. The number of benzene rings is 1. The molecule has 0 spiro atoms. The molecule has 0 aliphatic carbocycles. The minimum Gasteiger partial charge on any atom is -0.483 e. The van der Waals surface area contributed by atoms with E-state index in [9.17, 15) is 0 Å². The first-order chi connectivity index (χ1) is 5.74. The van der Waals surface area contributed by atoms with Gasteiger partial charge in [-0.15, -0.1) is 0 Å². The van der Waals surface area contributed by atoms with Crippen LogP contribution in [0.25, 0.3) is 0 Å². The van der Waals surface area contributed by atoms with E-state index in [1.54, 1.807) is 24.3 Å². The number of rotatable bonds is 1. The summed E-state index contributed by atoms with van der Waals surface area (Å²) in [7, 11) is 0. The van der Waals surface area contributed by atoms with E-state index >= 15 is 0 Å². The minimum absolute atomic E-state index is 0.0805. The molecule has 0 bridgehead atoms. The molecule has 0 heterocycles. The second kappa shape index (κ2) is 6.64. The van der Waals surface area contributed by atoms with Crippen LogP contribution in [0.2, 0.25) is 5.02 Å². The summed E-state index contributed by atoms with van der Waals surface area (Å²) in [4.78, 5) is 8.36. The molecule has 0 aliphatic heterocycles. The van der Waals surface area contributed by atoms with Crippen molar-refractivity contribution in [2.45, 2.75) is 6.61 Å². The quantitative estimate of drug-likeness (QED) is 0.658. The third kappa shape index (κ3) is 4.71. The van der Waals surface area contributed by atoms with Gasteiger partial charge in [-0.3, -0.25) is 4.79 Å². The molecule has 1 aromatic carbocycles. The van der Waals surface area contributed by atoms with Crippen LogP contribution in [-0.4, -0.2) is 16.7 Å². The van der Waals surface area contributed by atoms with Crippen LogP contribution in [0, 0.1) is 0 Å². The summed E-state index contributed by atoms with van der Waals surface area (Å²) < 4.78 is 0. The molecule has 0 aliphatic rings. The maximum absolute atomic E-state index is 8.59. The maximum atomic E-state index is 8.59. The first-order valence-corrected chi connectivity index (χ1v) is 3.55. The largest absolute Gasteiger partial charge is 0.483 e. The van der Waals surface area contributed by atoms with Crippen LogP contribution in [0.3, 0.4) is 0 Å². The Morgan fingerprint density at radius 2 is 1.75 bits per heavy atom. The summed E-state index contributed by atoms with van der Waals surface area (Å²) >= 11 is 5.59. The Bertz CT molecular complexity index is 220. The van der Waals surface area contributed by atoms with Gasteiger partial charge in [-0.2, -0.15) is 0 Å². The zero-order valence-electron chi connectivity index (χ0n) is 6.27. The maximum Gasteiger partial charge on any atom is 0.290 e. The smallest absolute Gasteiger partial charge is 0.290 e. The van der Waals surface area contributed by atoms with Crippen LogP contribution in [0.15, 0.2) is 24.3 Å². The number of carboxylic acid groups (broad SMARTS) is 1. The summed E-state index contributed by atoms with van der Waals surface area (Å²) in [6.45, 7) is -0.169. The lowest BCUT2D eigenvalue weighted by Gasteiger charge is -1.92. The molecule has 66 valence electrons. The number of aliphatic hydroxyl groups excluding tert-OH is 1. The molecule has 0 aromatic heterocycles. The summed E-state index contributed by atoms with van der Waals surface area (Å²) in [5, 5.41) is 16.2. The van der Waals surface area contributed by atoms with Gasteiger partial charge in [-0.25, -0.2) is 0 Å². The molecule has 4 heteroatoms. The predicted octanol–water partition coefficient (Wildman–Crippen LogP) is 1.53. The molecule has 0 radical (unpaired) electrons. The van der Waals surface area contributed by atoms with Gasteiger partial charge in [0.05, 0.1) is 6.61 Å². The molecule has 3 nitrogen and oxygen atoms in total. The molecule has 1 rings (SSSR count). The van der Waals surface area contributed by atoms with E-state index in [4.69, 9.17) is 26.6 Å². The van der Waals surface area contributed by atoms with Gasteiger partial charge >= 0.3 is 0 Å². The topological polar surface area (TPSA) is 57.5 Å². The molecule has 0 saturated heterocycles. The number of halogens is 1. The average molecular weight is 189 g/mol. The van der Waals surface area contributed by atoms with Crippen molar-refractivity contribution in [3.63, 3.8) is 0 Å². The number of hydrogen-bond acceptors (Lipinski definition) is 2. The van der Waals surface area contributed by atoms with Crippen molar-refractivity contribution in [2.75, 3.05) is 0 Å². The van der Waals surface area contributed by atoms with Crippen LogP contribution in [0.4, 0.5) is 0 Å². The van der Waals surface area contributed by atoms with E-state index in [-0.39, 0.29) is 13.1 Å². The molecule has 0 amide bonds. The van der Waals surface area contributed by atoms with Crippen molar-refractivity contribution in [2.24, 2.45) is 0 Å². The molecule has 12 heavy (non-hydrogen) atoms. The van der Waals surface area contributed by atoms with Gasteiger partial charge < -0.3 is 10.2 Å². The normalized spacial score (nSPS) is 8.17. The molecule has 0 atom stereocenters. The first kappa shape index (κ1) is 10.9. The van der Waals surface area contributed by atoms with Crippen LogP contribution in [-0.2, 0) is 11.4 Å². The highest BCUT2D eigenvalue weighted by molar-refractivity contribution is 6.30. The molecule has 0 unspecified atom stereocenters. The highest BCUT2D eigenvalue weighted by Crippen LogP contribution is 2.08. The summed E-state index contributed by atoms with van der Waals surface area (Å²) in [5.41, 5.74) is 0.888. The highest BCUT2D eigenvalue weighted by atomic mass is 35.5. The molecule has 1 aromatic rings. The fourth-order valence-electron chi connectivity index (χ4n) is 0.590. The zero-order valence-corrected chi connectivity index (χ0v) is 7.03. The molecular formula is C8H9ClO3. The number of hydrogen-bond donors (Lipinski definition) is 2. The van der Waals surface area contributed by atoms with Gasteiger partial charge in [-0.1, -0.05) is 23.7 Å². The van der Waals surface area contributed by atoms with Crippen molar-refractivity contribution in [3.8, 4) is 0 Å². The number of aliphatic hydroxyl groups is 1. The van der Waals surface area contributed by atoms with Crippen molar-refractivity contribution in [1.29, 1.82) is 0 Å². The Morgan fingerprint density at radius 1 is 1.33 bits per heavy atom. The Kier molecular flexibility index (Phi) is 6.05. The SMILES string of the molecule is O=CO.OCc1ccc(Cl)cc1. The van der Waals surface area contributed by atoms with Crippen molar-refractivity contribution in [3.05, 3.63) is 34.9 Å². The van der Waals surface area contributed by atoms with Gasteiger partial charge in [0.25, 0.3) is 6.47 Å². The van der Waals surface area contributed by atoms with Gasteiger partial charge in [0.1, 0.15) is 0 Å². The fraction of sp³-hybridized carbons (Fsp3) is 0.125. The Labute approximate surface area is 75.2 Å².